The van der Waals surface area contributed by atoms with Crippen LogP contribution in [0.15, 0.2) is 30.3 Å². The summed E-state index contributed by atoms with van der Waals surface area (Å²) in [6.45, 7) is -0.548. The summed E-state index contributed by atoms with van der Waals surface area (Å²) in [6, 6.07) is 7.76. The first-order valence-corrected chi connectivity index (χ1v) is 6.68. The quantitative estimate of drug-likeness (QED) is 0.410. The largest absolute Gasteiger partial charge is 0.394 e. The van der Waals surface area contributed by atoms with E-state index in [0.29, 0.717) is 0 Å². The van der Waals surface area contributed by atoms with Crippen molar-refractivity contribution in [1.29, 1.82) is 0 Å². The Bertz CT molecular complexity index is 610. The Balaban J connectivity index is 2.05. The summed E-state index contributed by atoms with van der Waals surface area (Å²) in [7, 11) is 0. The minimum Gasteiger partial charge on any atom is -0.394 e. The van der Waals surface area contributed by atoms with Crippen LogP contribution in [-0.4, -0.2) is 56.4 Å². The summed E-state index contributed by atoms with van der Waals surface area (Å²) in [5.74, 6) is -2.02. The summed E-state index contributed by atoms with van der Waals surface area (Å²) in [5, 5.41) is 40.6. The number of benzene rings is 1. The van der Waals surface area contributed by atoms with E-state index in [1.165, 1.54) is 0 Å². The molecule has 1 aliphatic rings. The maximum atomic E-state index is 10.7. The van der Waals surface area contributed by atoms with Crippen LogP contribution in [0.2, 0.25) is 0 Å². The third-order valence-electron chi connectivity index (χ3n) is 3.98. The Labute approximate surface area is 120 Å². The summed E-state index contributed by atoms with van der Waals surface area (Å²) >= 11 is 0. The van der Waals surface area contributed by atoms with Gasteiger partial charge in [-0.2, -0.15) is 0 Å². The highest BCUT2D eigenvalue weighted by Crippen LogP contribution is 2.36. The van der Waals surface area contributed by atoms with Crippen LogP contribution in [0, 0.1) is 0 Å². The van der Waals surface area contributed by atoms with E-state index in [9.17, 15) is 20.4 Å². The smallest absolute Gasteiger partial charge is 0.226 e. The van der Waals surface area contributed by atoms with E-state index in [-0.39, 0.29) is 5.69 Å². The Morgan fingerprint density at radius 2 is 1.95 bits per heavy atom. The molecule has 7 nitrogen and oxygen atoms in total. The van der Waals surface area contributed by atoms with Crippen LogP contribution in [0.25, 0.3) is 10.9 Å². The van der Waals surface area contributed by atoms with Crippen molar-refractivity contribution in [2.75, 3.05) is 6.61 Å². The molecule has 21 heavy (non-hydrogen) atoms. The van der Waals surface area contributed by atoms with Crippen LogP contribution in [0.4, 0.5) is 0 Å². The molecule has 0 unspecified atom stereocenters. The number of aromatic nitrogens is 1. The third-order valence-corrected chi connectivity index (χ3v) is 3.98. The molecule has 0 spiro atoms. The van der Waals surface area contributed by atoms with E-state index in [1.54, 1.807) is 6.07 Å². The van der Waals surface area contributed by atoms with Gasteiger partial charge in [0.25, 0.3) is 0 Å². The third kappa shape index (κ3) is 2.15. The van der Waals surface area contributed by atoms with Crippen molar-refractivity contribution in [3.8, 4) is 0 Å². The fourth-order valence-electron chi connectivity index (χ4n) is 2.70. The van der Waals surface area contributed by atoms with Gasteiger partial charge in [-0.05, 0) is 17.5 Å². The van der Waals surface area contributed by atoms with E-state index in [2.05, 4.69) is 4.98 Å². The fraction of sp³-hybridized carbons (Fsp3) is 0.429. The maximum Gasteiger partial charge on any atom is 0.226 e. The van der Waals surface area contributed by atoms with Crippen molar-refractivity contribution in [2.45, 2.75) is 30.1 Å². The Morgan fingerprint density at radius 3 is 2.62 bits per heavy atom. The van der Waals surface area contributed by atoms with Gasteiger partial charge in [0.05, 0.1) is 18.3 Å². The summed E-state index contributed by atoms with van der Waals surface area (Å²) in [4.78, 5) is 2.99. The predicted octanol–water partition coefficient (Wildman–Crippen LogP) is -1.25. The van der Waals surface area contributed by atoms with E-state index in [1.807, 2.05) is 24.3 Å². The first-order chi connectivity index (χ1) is 9.97. The standard InChI is InChI=1S/C14H18N2O5/c15-13-12(19)11(18)9(6-17)21-14(13,20)10-5-7-3-1-2-4-8(7)16-10/h1-5,9,11-13,16-20H,6,15H2/t9-,11-,12+,13-,14-/m1/s1. The molecular formula is C14H18N2O5. The topological polar surface area (TPSA) is 132 Å². The number of aromatic amines is 1. The number of aliphatic hydroxyl groups excluding tert-OH is 3. The zero-order valence-electron chi connectivity index (χ0n) is 11.2. The van der Waals surface area contributed by atoms with Crippen LogP contribution in [0.1, 0.15) is 5.69 Å². The number of nitrogens with two attached hydrogens (primary N) is 1. The number of aliphatic hydroxyl groups is 4. The molecule has 2 aromatic rings. The van der Waals surface area contributed by atoms with Crippen molar-refractivity contribution < 1.29 is 25.2 Å². The van der Waals surface area contributed by atoms with Crippen LogP contribution in [-0.2, 0) is 10.5 Å². The number of H-pyrrole nitrogens is 1. The molecule has 7 N–H and O–H groups in total. The van der Waals surface area contributed by atoms with E-state index >= 15 is 0 Å². The lowest BCUT2D eigenvalue weighted by Crippen LogP contribution is -2.66. The molecule has 7 heteroatoms. The lowest BCUT2D eigenvalue weighted by atomic mass is 9.89. The molecule has 0 saturated carbocycles. The van der Waals surface area contributed by atoms with Crippen LogP contribution in [0.5, 0.6) is 0 Å². The molecule has 0 bridgehead atoms. The minimum atomic E-state index is -2.02. The molecule has 1 aromatic heterocycles. The molecule has 0 amide bonds. The van der Waals surface area contributed by atoms with Gasteiger partial charge in [-0.25, -0.2) is 0 Å². The van der Waals surface area contributed by atoms with Gasteiger partial charge in [-0.1, -0.05) is 18.2 Å². The zero-order chi connectivity index (χ0) is 15.2. The van der Waals surface area contributed by atoms with E-state index < -0.39 is 36.7 Å². The first-order valence-electron chi connectivity index (χ1n) is 6.68. The van der Waals surface area contributed by atoms with Gasteiger partial charge < -0.3 is 35.9 Å². The maximum absolute atomic E-state index is 10.7. The molecule has 3 rings (SSSR count). The fourth-order valence-corrected chi connectivity index (χ4v) is 2.70. The molecule has 1 saturated heterocycles. The molecule has 1 aliphatic heterocycles. The van der Waals surface area contributed by atoms with Gasteiger partial charge in [0.2, 0.25) is 5.79 Å². The average Bonchev–Trinajstić information content (AvgIpc) is 2.93. The van der Waals surface area contributed by atoms with Gasteiger partial charge >= 0.3 is 0 Å². The van der Waals surface area contributed by atoms with Gasteiger partial charge in [-0.15, -0.1) is 0 Å². The van der Waals surface area contributed by atoms with Crippen molar-refractivity contribution in [2.24, 2.45) is 5.73 Å². The highest BCUT2D eigenvalue weighted by atomic mass is 16.6. The molecule has 5 atom stereocenters. The predicted molar refractivity (Wildman–Crippen MR) is 74.1 cm³/mol. The van der Waals surface area contributed by atoms with Crippen LogP contribution >= 0.6 is 0 Å². The van der Waals surface area contributed by atoms with Gasteiger partial charge in [0, 0.05) is 5.52 Å². The van der Waals surface area contributed by atoms with Gasteiger partial charge in [0.1, 0.15) is 18.3 Å². The normalized spacial score (nSPS) is 37.0. The molecular weight excluding hydrogens is 276 g/mol. The Kier molecular flexibility index (Phi) is 3.48. The number of fused-ring (bicyclic) bond motifs is 1. The number of rotatable bonds is 2. The lowest BCUT2D eigenvalue weighted by Gasteiger charge is -2.45. The first kappa shape index (κ1) is 14.5. The summed E-state index contributed by atoms with van der Waals surface area (Å²) in [5.41, 5.74) is 6.87. The average molecular weight is 294 g/mol. The van der Waals surface area contributed by atoms with E-state index in [4.69, 9.17) is 10.5 Å². The second kappa shape index (κ2) is 5.06. The molecule has 0 radical (unpaired) electrons. The minimum absolute atomic E-state index is 0.264. The van der Waals surface area contributed by atoms with Crippen molar-refractivity contribution in [3.05, 3.63) is 36.0 Å². The monoisotopic (exact) mass is 294 g/mol. The SMILES string of the molecule is N[C@@H]1[C@@H](O)[C@H](O)[C@@H](CO)O[C@]1(O)c1cc2ccccc2[nH]1. The van der Waals surface area contributed by atoms with Crippen LogP contribution in [0.3, 0.4) is 0 Å². The summed E-state index contributed by atoms with van der Waals surface area (Å²) < 4.78 is 5.37. The molecule has 0 aliphatic carbocycles. The van der Waals surface area contributed by atoms with E-state index in [0.717, 1.165) is 10.9 Å². The number of ether oxygens (including phenoxy) is 1. The van der Waals surface area contributed by atoms with Crippen LogP contribution < -0.4 is 5.73 Å². The number of para-hydroxylation sites is 1. The number of hydrogen-bond donors (Lipinski definition) is 6. The Hall–Kier alpha value is -1.48. The molecule has 1 fully saturated rings. The number of hydrogen-bond acceptors (Lipinski definition) is 6. The molecule has 114 valence electrons. The van der Waals surface area contributed by atoms with Crippen molar-refractivity contribution >= 4 is 10.9 Å². The van der Waals surface area contributed by atoms with Crippen molar-refractivity contribution in [1.82, 2.24) is 4.98 Å². The second-order valence-electron chi connectivity index (χ2n) is 5.31. The highest BCUT2D eigenvalue weighted by Gasteiger charge is 2.53. The molecule has 2 heterocycles. The summed E-state index contributed by atoms with van der Waals surface area (Å²) in [6.07, 6.45) is -3.92. The van der Waals surface area contributed by atoms with Gasteiger partial charge in [0.15, 0.2) is 0 Å². The second-order valence-corrected chi connectivity index (χ2v) is 5.31. The van der Waals surface area contributed by atoms with Crippen molar-refractivity contribution in [3.63, 3.8) is 0 Å². The lowest BCUT2D eigenvalue weighted by molar-refractivity contribution is -0.324. The van der Waals surface area contributed by atoms with Gasteiger partial charge in [-0.3, -0.25) is 0 Å². The Morgan fingerprint density at radius 1 is 1.24 bits per heavy atom. The highest BCUT2D eigenvalue weighted by molar-refractivity contribution is 5.80. The number of nitrogens with one attached hydrogen (secondary N) is 1. The zero-order valence-corrected chi connectivity index (χ0v) is 11.2. The molecule has 1 aromatic carbocycles.